The number of rotatable bonds is 3. The van der Waals surface area contributed by atoms with Crippen molar-refractivity contribution < 1.29 is 4.74 Å². The quantitative estimate of drug-likeness (QED) is 0.921. The molecular formula is C14H14Cl2N2O. The van der Waals surface area contributed by atoms with Gasteiger partial charge in [0.05, 0.1) is 5.02 Å². The van der Waals surface area contributed by atoms with E-state index >= 15 is 0 Å². The highest BCUT2D eigenvalue weighted by Gasteiger charge is 2.11. The molecule has 2 aromatic rings. The first-order valence-corrected chi connectivity index (χ1v) is 6.57. The lowest BCUT2D eigenvalue weighted by Gasteiger charge is -2.14. The van der Waals surface area contributed by atoms with Crippen molar-refractivity contribution in [1.29, 1.82) is 0 Å². The van der Waals surface area contributed by atoms with Crippen molar-refractivity contribution in [2.24, 2.45) is 5.73 Å². The molecule has 0 aliphatic rings. The van der Waals surface area contributed by atoms with Gasteiger partial charge in [-0.3, -0.25) is 4.98 Å². The molecule has 2 N–H and O–H groups in total. The minimum atomic E-state index is 0.361. The largest absolute Gasteiger partial charge is 0.455 e. The SMILES string of the molecule is Cc1cc(Oc2ccc(Cl)cc2Cl)c(CN)c(C)n1. The van der Waals surface area contributed by atoms with Gasteiger partial charge in [-0.25, -0.2) is 0 Å². The molecule has 100 valence electrons. The number of nitrogens with two attached hydrogens (primary N) is 1. The number of hydrogen-bond donors (Lipinski definition) is 1. The van der Waals surface area contributed by atoms with Crippen LogP contribution in [-0.2, 0) is 6.54 Å². The second-order valence-corrected chi connectivity index (χ2v) is 5.05. The normalized spacial score (nSPS) is 10.6. The van der Waals surface area contributed by atoms with Crippen LogP contribution in [0.5, 0.6) is 11.5 Å². The maximum Gasteiger partial charge on any atom is 0.146 e. The number of hydrogen-bond acceptors (Lipinski definition) is 3. The molecule has 5 heteroatoms. The Morgan fingerprint density at radius 3 is 2.53 bits per heavy atom. The van der Waals surface area contributed by atoms with Crippen molar-refractivity contribution in [3.63, 3.8) is 0 Å². The van der Waals surface area contributed by atoms with Crippen LogP contribution in [-0.4, -0.2) is 4.98 Å². The molecule has 0 unspecified atom stereocenters. The van der Waals surface area contributed by atoms with Crippen LogP contribution in [0.4, 0.5) is 0 Å². The summed E-state index contributed by atoms with van der Waals surface area (Å²) in [6.45, 7) is 4.18. The van der Waals surface area contributed by atoms with Crippen LogP contribution in [0.1, 0.15) is 17.0 Å². The second kappa shape index (κ2) is 5.78. The highest BCUT2D eigenvalue weighted by atomic mass is 35.5. The van der Waals surface area contributed by atoms with Gasteiger partial charge >= 0.3 is 0 Å². The van der Waals surface area contributed by atoms with E-state index < -0.39 is 0 Å². The first-order valence-electron chi connectivity index (χ1n) is 5.81. The first kappa shape index (κ1) is 14.1. The van der Waals surface area contributed by atoms with Crippen LogP contribution in [0.25, 0.3) is 0 Å². The van der Waals surface area contributed by atoms with Crippen LogP contribution >= 0.6 is 23.2 Å². The van der Waals surface area contributed by atoms with E-state index in [4.69, 9.17) is 33.7 Å². The lowest BCUT2D eigenvalue weighted by atomic mass is 10.1. The Morgan fingerprint density at radius 1 is 1.16 bits per heavy atom. The fraction of sp³-hybridized carbons (Fsp3) is 0.214. The predicted molar refractivity (Wildman–Crippen MR) is 78.1 cm³/mol. The van der Waals surface area contributed by atoms with Gasteiger partial charge in [0.25, 0.3) is 0 Å². The second-order valence-electron chi connectivity index (χ2n) is 4.21. The highest BCUT2D eigenvalue weighted by molar-refractivity contribution is 6.35. The molecule has 0 fully saturated rings. The summed E-state index contributed by atoms with van der Waals surface area (Å²) in [5, 5.41) is 1.03. The minimum Gasteiger partial charge on any atom is -0.455 e. The molecule has 0 saturated carbocycles. The minimum absolute atomic E-state index is 0.361. The Labute approximate surface area is 122 Å². The van der Waals surface area contributed by atoms with Crippen molar-refractivity contribution in [1.82, 2.24) is 4.98 Å². The average molecular weight is 297 g/mol. The summed E-state index contributed by atoms with van der Waals surface area (Å²) in [6.07, 6.45) is 0. The maximum absolute atomic E-state index is 6.10. The van der Waals surface area contributed by atoms with Crippen molar-refractivity contribution in [2.75, 3.05) is 0 Å². The average Bonchev–Trinajstić information content (AvgIpc) is 2.32. The Kier molecular flexibility index (Phi) is 4.30. The molecule has 2 rings (SSSR count). The van der Waals surface area contributed by atoms with Crippen molar-refractivity contribution >= 4 is 23.2 Å². The van der Waals surface area contributed by atoms with Crippen LogP contribution in [0.15, 0.2) is 24.3 Å². The van der Waals surface area contributed by atoms with Gasteiger partial charge in [-0.15, -0.1) is 0 Å². The summed E-state index contributed by atoms with van der Waals surface area (Å²) in [7, 11) is 0. The molecule has 0 atom stereocenters. The van der Waals surface area contributed by atoms with Gasteiger partial charge in [-0.1, -0.05) is 23.2 Å². The molecule has 19 heavy (non-hydrogen) atoms. The van der Waals surface area contributed by atoms with Gasteiger partial charge in [0.1, 0.15) is 11.5 Å². The van der Waals surface area contributed by atoms with Gasteiger partial charge in [0, 0.05) is 34.6 Å². The molecule has 0 aliphatic heterocycles. The Bertz CT molecular complexity index is 615. The molecule has 0 bridgehead atoms. The van der Waals surface area contributed by atoms with E-state index in [1.165, 1.54) is 0 Å². The van der Waals surface area contributed by atoms with E-state index in [1.54, 1.807) is 18.2 Å². The Balaban J connectivity index is 2.42. The molecular weight excluding hydrogens is 283 g/mol. The van der Waals surface area contributed by atoms with Crippen molar-refractivity contribution in [2.45, 2.75) is 20.4 Å². The monoisotopic (exact) mass is 296 g/mol. The summed E-state index contributed by atoms with van der Waals surface area (Å²) in [5.41, 5.74) is 8.35. The Morgan fingerprint density at radius 2 is 1.89 bits per heavy atom. The first-order chi connectivity index (χ1) is 9.01. The molecule has 3 nitrogen and oxygen atoms in total. The number of ether oxygens (including phenoxy) is 1. The van der Waals surface area contributed by atoms with Gasteiger partial charge in [-0.05, 0) is 32.0 Å². The molecule has 1 aromatic heterocycles. The zero-order valence-corrected chi connectivity index (χ0v) is 12.2. The van der Waals surface area contributed by atoms with E-state index in [1.807, 2.05) is 19.9 Å². The van der Waals surface area contributed by atoms with Gasteiger partial charge in [0.2, 0.25) is 0 Å². The van der Waals surface area contributed by atoms with E-state index in [0.29, 0.717) is 28.1 Å². The third-order valence-corrected chi connectivity index (χ3v) is 3.27. The lowest BCUT2D eigenvalue weighted by molar-refractivity contribution is 0.474. The third-order valence-electron chi connectivity index (χ3n) is 2.74. The van der Waals surface area contributed by atoms with E-state index in [2.05, 4.69) is 4.98 Å². The number of aromatic nitrogens is 1. The number of benzene rings is 1. The van der Waals surface area contributed by atoms with Gasteiger partial charge in [-0.2, -0.15) is 0 Å². The standard InChI is InChI=1S/C14H14Cl2N2O/c1-8-5-14(11(7-17)9(2)18-8)19-13-4-3-10(15)6-12(13)16/h3-6H,7,17H2,1-2H3. The van der Waals surface area contributed by atoms with Gasteiger partial charge in [0.15, 0.2) is 0 Å². The van der Waals surface area contributed by atoms with Crippen molar-refractivity contribution in [3.8, 4) is 11.5 Å². The maximum atomic E-state index is 6.10. The van der Waals surface area contributed by atoms with Crippen LogP contribution in [0, 0.1) is 13.8 Å². The van der Waals surface area contributed by atoms with Crippen molar-refractivity contribution in [3.05, 3.63) is 51.3 Å². The molecule has 0 spiro atoms. The summed E-state index contributed by atoms with van der Waals surface area (Å²) < 4.78 is 5.84. The topological polar surface area (TPSA) is 48.1 Å². The number of aryl methyl sites for hydroxylation is 2. The Hall–Kier alpha value is -1.29. The lowest BCUT2D eigenvalue weighted by Crippen LogP contribution is -2.05. The van der Waals surface area contributed by atoms with E-state index in [9.17, 15) is 0 Å². The fourth-order valence-electron chi connectivity index (χ4n) is 1.84. The van der Waals surface area contributed by atoms with Crippen LogP contribution in [0.3, 0.4) is 0 Å². The fourth-order valence-corrected chi connectivity index (χ4v) is 2.28. The molecule has 0 aliphatic carbocycles. The summed E-state index contributed by atoms with van der Waals surface area (Å²) in [4.78, 5) is 4.37. The molecule has 1 aromatic carbocycles. The number of halogens is 2. The van der Waals surface area contributed by atoms with Gasteiger partial charge < -0.3 is 10.5 Å². The van der Waals surface area contributed by atoms with Crippen LogP contribution < -0.4 is 10.5 Å². The number of nitrogens with zero attached hydrogens (tertiary/aromatic N) is 1. The zero-order valence-electron chi connectivity index (χ0n) is 10.7. The predicted octanol–water partition coefficient (Wildman–Crippen LogP) is 4.26. The van der Waals surface area contributed by atoms with E-state index in [-0.39, 0.29) is 0 Å². The molecule has 0 amide bonds. The summed E-state index contributed by atoms with van der Waals surface area (Å²) in [6, 6.07) is 6.95. The summed E-state index contributed by atoms with van der Waals surface area (Å²) >= 11 is 12.0. The van der Waals surface area contributed by atoms with Crippen LogP contribution in [0.2, 0.25) is 10.0 Å². The smallest absolute Gasteiger partial charge is 0.146 e. The number of pyridine rings is 1. The molecule has 0 saturated heterocycles. The zero-order chi connectivity index (χ0) is 14.0. The summed E-state index contributed by atoms with van der Waals surface area (Å²) in [5.74, 6) is 1.22. The molecule has 1 heterocycles. The van der Waals surface area contributed by atoms with E-state index in [0.717, 1.165) is 17.0 Å². The molecule has 0 radical (unpaired) electrons. The highest BCUT2D eigenvalue weighted by Crippen LogP contribution is 2.33. The third kappa shape index (κ3) is 3.18.